The molecule has 6 heteroatoms. The summed E-state index contributed by atoms with van der Waals surface area (Å²) in [7, 11) is 0. The molecule has 2 aromatic rings. The topological polar surface area (TPSA) is 71.5 Å². The van der Waals surface area contributed by atoms with Crippen molar-refractivity contribution >= 4 is 5.91 Å². The summed E-state index contributed by atoms with van der Waals surface area (Å²) in [4.78, 5) is 14.7. The molecule has 1 aliphatic heterocycles. The molecule has 6 nitrogen and oxygen atoms in total. The minimum atomic E-state index is -0.146. The quantitative estimate of drug-likeness (QED) is 0.918. The van der Waals surface area contributed by atoms with E-state index >= 15 is 0 Å². The second kappa shape index (κ2) is 6.36. The molecule has 22 heavy (non-hydrogen) atoms. The van der Waals surface area contributed by atoms with Gasteiger partial charge in [-0.05, 0) is 51.9 Å². The normalized spacial score (nSPS) is 16.8. The lowest BCUT2D eigenvalue weighted by Gasteiger charge is -2.25. The molecule has 0 bridgehead atoms. The Morgan fingerprint density at radius 1 is 1.41 bits per heavy atom. The van der Waals surface area contributed by atoms with Crippen LogP contribution in [0.15, 0.2) is 27.3 Å². The highest BCUT2D eigenvalue weighted by molar-refractivity contribution is 5.96. The van der Waals surface area contributed by atoms with Crippen LogP contribution in [0.1, 0.15) is 46.5 Å². The van der Waals surface area contributed by atoms with E-state index in [0.29, 0.717) is 23.6 Å². The van der Waals surface area contributed by atoms with Gasteiger partial charge in [0.15, 0.2) is 0 Å². The van der Waals surface area contributed by atoms with Crippen molar-refractivity contribution in [3.63, 3.8) is 0 Å². The molecule has 0 spiro atoms. The highest BCUT2D eigenvalue weighted by Gasteiger charge is 2.27. The molecular formula is C16H21N3O3. The van der Waals surface area contributed by atoms with Crippen molar-refractivity contribution < 1.29 is 13.7 Å². The standard InChI is InChI=1S/C16H21N3O3/c1-11-15(12(2)22-18-11)16(20)17-10-13(14-6-5-9-21-14)19-7-3-4-8-19/h5-6,9,13H,3-4,7-8,10H2,1-2H3,(H,17,20). The lowest BCUT2D eigenvalue weighted by Crippen LogP contribution is -2.36. The van der Waals surface area contributed by atoms with E-state index in [0.717, 1.165) is 18.8 Å². The van der Waals surface area contributed by atoms with Gasteiger partial charge < -0.3 is 14.3 Å². The molecule has 1 fully saturated rings. The van der Waals surface area contributed by atoms with Crippen LogP contribution in [0.3, 0.4) is 0 Å². The van der Waals surface area contributed by atoms with E-state index in [1.165, 1.54) is 12.8 Å². The third kappa shape index (κ3) is 2.92. The molecule has 0 aliphatic carbocycles. The fourth-order valence-electron chi connectivity index (χ4n) is 3.03. The Morgan fingerprint density at radius 2 is 2.18 bits per heavy atom. The van der Waals surface area contributed by atoms with Crippen LogP contribution in [0.4, 0.5) is 0 Å². The van der Waals surface area contributed by atoms with Gasteiger partial charge in [-0.1, -0.05) is 5.16 Å². The van der Waals surface area contributed by atoms with E-state index in [-0.39, 0.29) is 11.9 Å². The maximum atomic E-state index is 12.4. The molecule has 1 unspecified atom stereocenters. The summed E-state index contributed by atoms with van der Waals surface area (Å²) in [5, 5.41) is 6.82. The summed E-state index contributed by atoms with van der Waals surface area (Å²) in [5.74, 6) is 1.29. The SMILES string of the molecule is Cc1noc(C)c1C(=O)NCC(c1ccco1)N1CCCC1. The first kappa shape index (κ1) is 14.8. The average Bonchev–Trinajstić information content (AvgIpc) is 3.22. The van der Waals surface area contributed by atoms with E-state index in [1.54, 1.807) is 20.1 Å². The Morgan fingerprint density at radius 3 is 2.77 bits per heavy atom. The number of aromatic nitrogens is 1. The number of amides is 1. The molecule has 1 atom stereocenters. The van der Waals surface area contributed by atoms with Gasteiger partial charge in [0.2, 0.25) is 0 Å². The molecule has 1 amide bonds. The van der Waals surface area contributed by atoms with Gasteiger partial charge in [0.1, 0.15) is 17.1 Å². The van der Waals surface area contributed by atoms with E-state index in [2.05, 4.69) is 15.4 Å². The van der Waals surface area contributed by atoms with Crippen molar-refractivity contribution in [2.75, 3.05) is 19.6 Å². The average molecular weight is 303 g/mol. The molecule has 0 aromatic carbocycles. The van der Waals surface area contributed by atoms with Crippen LogP contribution in [-0.2, 0) is 0 Å². The second-order valence-corrected chi connectivity index (χ2v) is 5.68. The van der Waals surface area contributed by atoms with Gasteiger partial charge in [0, 0.05) is 6.54 Å². The number of nitrogens with zero attached hydrogens (tertiary/aromatic N) is 2. The summed E-state index contributed by atoms with van der Waals surface area (Å²) in [5.41, 5.74) is 1.14. The van der Waals surface area contributed by atoms with Crippen molar-refractivity contribution in [1.29, 1.82) is 0 Å². The molecule has 0 radical (unpaired) electrons. The number of nitrogens with one attached hydrogen (secondary N) is 1. The molecular weight excluding hydrogens is 282 g/mol. The first-order valence-corrected chi connectivity index (χ1v) is 7.65. The van der Waals surface area contributed by atoms with E-state index in [1.807, 2.05) is 12.1 Å². The zero-order valence-corrected chi connectivity index (χ0v) is 13.0. The van der Waals surface area contributed by atoms with Crippen LogP contribution in [0, 0.1) is 13.8 Å². The minimum absolute atomic E-state index is 0.0712. The number of rotatable bonds is 5. The monoisotopic (exact) mass is 303 g/mol. The number of carbonyl (C=O) groups excluding carboxylic acids is 1. The van der Waals surface area contributed by atoms with Gasteiger partial charge in [-0.25, -0.2) is 0 Å². The Bertz CT molecular complexity index is 608. The number of aryl methyl sites for hydroxylation is 2. The van der Waals surface area contributed by atoms with Crippen LogP contribution in [0.2, 0.25) is 0 Å². The first-order valence-electron chi connectivity index (χ1n) is 7.65. The molecule has 1 N–H and O–H groups in total. The molecule has 0 saturated carbocycles. The zero-order valence-electron chi connectivity index (χ0n) is 13.0. The fraction of sp³-hybridized carbons (Fsp3) is 0.500. The van der Waals surface area contributed by atoms with Crippen molar-refractivity contribution in [3.05, 3.63) is 41.2 Å². The molecule has 1 saturated heterocycles. The Kier molecular flexibility index (Phi) is 4.29. The lowest BCUT2D eigenvalue weighted by atomic mass is 10.1. The molecule has 3 heterocycles. The van der Waals surface area contributed by atoms with Crippen LogP contribution in [-0.4, -0.2) is 35.6 Å². The van der Waals surface area contributed by atoms with E-state index in [4.69, 9.17) is 8.94 Å². The van der Waals surface area contributed by atoms with Crippen LogP contribution < -0.4 is 5.32 Å². The molecule has 118 valence electrons. The van der Waals surface area contributed by atoms with Gasteiger partial charge in [-0.3, -0.25) is 9.69 Å². The molecule has 3 rings (SSSR count). The van der Waals surface area contributed by atoms with Gasteiger partial charge in [0.05, 0.1) is 18.0 Å². The fourth-order valence-corrected chi connectivity index (χ4v) is 3.03. The third-order valence-electron chi connectivity index (χ3n) is 4.17. The Hall–Kier alpha value is -2.08. The smallest absolute Gasteiger partial charge is 0.256 e. The maximum absolute atomic E-state index is 12.4. The number of hydrogen-bond donors (Lipinski definition) is 1. The summed E-state index contributed by atoms with van der Waals surface area (Å²) in [6.45, 7) is 6.10. The predicted octanol–water partition coefficient (Wildman–Crippen LogP) is 2.45. The number of hydrogen-bond acceptors (Lipinski definition) is 5. The van der Waals surface area contributed by atoms with Crippen molar-refractivity contribution in [2.45, 2.75) is 32.7 Å². The minimum Gasteiger partial charge on any atom is -0.468 e. The number of furan rings is 1. The summed E-state index contributed by atoms with van der Waals surface area (Å²) in [6, 6.07) is 3.92. The van der Waals surface area contributed by atoms with Crippen LogP contribution in [0.25, 0.3) is 0 Å². The highest BCUT2D eigenvalue weighted by Crippen LogP contribution is 2.25. The van der Waals surface area contributed by atoms with Crippen LogP contribution >= 0.6 is 0 Å². The van der Waals surface area contributed by atoms with Gasteiger partial charge >= 0.3 is 0 Å². The zero-order chi connectivity index (χ0) is 15.5. The number of carbonyl (C=O) groups is 1. The Balaban J connectivity index is 1.70. The largest absolute Gasteiger partial charge is 0.468 e. The predicted molar refractivity (Wildman–Crippen MR) is 80.6 cm³/mol. The second-order valence-electron chi connectivity index (χ2n) is 5.68. The van der Waals surface area contributed by atoms with E-state index in [9.17, 15) is 4.79 Å². The van der Waals surface area contributed by atoms with Gasteiger partial charge in [-0.2, -0.15) is 0 Å². The van der Waals surface area contributed by atoms with Crippen molar-refractivity contribution in [1.82, 2.24) is 15.4 Å². The maximum Gasteiger partial charge on any atom is 0.256 e. The molecule has 1 aliphatic rings. The van der Waals surface area contributed by atoms with Crippen molar-refractivity contribution in [3.8, 4) is 0 Å². The Labute approximate surface area is 129 Å². The van der Waals surface area contributed by atoms with E-state index < -0.39 is 0 Å². The highest BCUT2D eigenvalue weighted by atomic mass is 16.5. The van der Waals surface area contributed by atoms with Gasteiger partial charge in [-0.15, -0.1) is 0 Å². The first-order chi connectivity index (χ1) is 10.7. The summed E-state index contributed by atoms with van der Waals surface area (Å²) < 4.78 is 10.6. The van der Waals surface area contributed by atoms with Crippen molar-refractivity contribution in [2.24, 2.45) is 0 Å². The number of likely N-dealkylation sites (tertiary alicyclic amines) is 1. The molecule has 2 aromatic heterocycles. The lowest BCUT2D eigenvalue weighted by molar-refractivity contribution is 0.0931. The summed E-state index contributed by atoms with van der Waals surface area (Å²) in [6.07, 6.45) is 4.05. The third-order valence-corrected chi connectivity index (χ3v) is 4.17. The summed E-state index contributed by atoms with van der Waals surface area (Å²) >= 11 is 0. The van der Waals surface area contributed by atoms with Gasteiger partial charge in [0.25, 0.3) is 5.91 Å². The van der Waals surface area contributed by atoms with Crippen LogP contribution in [0.5, 0.6) is 0 Å².